The lowest BCUT2D eigenvalue weighted by Gasteiger charge is -2.33. The van der Waals surface area contributed by atoms with E-state index in [0.29, 0.717) is 18.4 Å². The number of rotatable bonds is 5. The molecule has 1 spiro atoms. The molecular weight excluding hydrogens is 401 g/mol. The maximum absolute atomic E-state index is 14.7. The van der Waals surface area contributed by atoms with Crippen molar-refractivity contribution < 1.29 is 30.8 Å². The fraction of sp³-hybridized carbons (Fsp3) is 0.500. The van der Waals surface area contributed by atoms with Gasteiger partial charge in [0, 0.05) is 30.0 Å². The van der Waals surface area contributed by atoms with E-state index in [1.54, 1.807) is 6.07 Å². The molecule has 152 valence electrons. The molecule has 2 N–H and O–H groups in total. The van der Waals surface area contributed by atoms with Crippen molar-refractivity contribution in [3.05, 3.63) is 30.2 Å². The van der Waals surface area contributed by atoms with E-state index in [9.17, 15) is 21.6 Å². The molecule has 0 bridgehead atoms. The van der Waals surface area contributed by atoms with Crippen molar-refractivity contribution in [2.24, 2.45) is 10.6 Å². The van der Waals surface area contributed by atoms with Crippen molar-refractivity contribution in [2.45, 2.75) is 31.5 Å². The average Bonchev–Trinajstić information content (AvgIpc) is 3.11. The second kappa shape index (κ2) is 6.71. The number of aromatic nitrogens is 2. The summed E-state index contributed by atoms with van der Waals surface area (Å²) in [5, 5.41) is 8.92. The van der Waals surface area contributed by atoms with Crippen molar-refractivity contribution in [3.8, 4) is 17.1 Å². The van der Waals surface area contributed by atoms with Crippen LogP contribution in [0, 0.1) is 5.41 Å². The number of hydrogen-bond acceptors (Lipinski definition) is 6. The third-order valence-corrected chi connectivity index (χ3v) is 6.40. The van der Waals surface area contributed by atoms with Crippen LogP contribution in [0.3, 0.4) is 0 Å². The van der Waals surface area contributed by atoms with Gasteiger partial charge in [-0.1, -0.05) is 17.3 Å². The van der Waals surface area contributed by atoms with Gasteiger partial charge in [0.1, 0.15) is 11.9 Å². The molecule has 0 amide bonds. The van der Waals surface area contributed by atoms with Crippen LogP contribution in [0.4, 0.5) is 13.2 Å². The molecule has 1 aliphatic heterocycles. The average molecular weight is 418 g/mol. The van der Waals surface area contributed by atoms with E-state index in [4.69, 9.17) is 9.66 Å². The normalized spacial score (nSPS) is 28.0. The summed E-state index contributed by atoms with van der Waals surface area (Å²) in [5.41, 5.74) is -0.324. The molecule has 0 radical (unpaired) electrons. The molecule has 1 saturated heterocycles. The van der Waals surface area contributed by atoms with E-state index < -0.39 is 28.4 Å². The van der Waals surface area contributed by atoms with Gasteiger partial charge in [-0.3, -0.25) is 0 Å². The van der Waals surface area contributed by atoms with Crippen molar-refractivity contribution in [1.29, 1.82) is 0 Å². The maximum atomic E-state index is 14.7. The van der Waals surface area contributed by atoms with Gasteiger partial charge in [0.15, 0.2) is 0 Å². The van der Waals surface area contributed by atoms with Gasteiger partial charge < -0.3 is 9.26 Å². The minimum atomic E-state index is -3.93. The number of piperidine rings is 1. The van der Waals surface area contributed by atoms with E-state index in [1.165, 1.54) is 18.2 Å². The van der Waals surface area contributed by atoms with Crippen LogP contribution < -0.4 is 9.88 Å². The highest BCUT2D eigenvalue weighted by Crippen LogP contribution is 2.65. The molecule has 2 aliphatic rings. The number of halogens is 3. The van der Waals surface area contributed by atoms with E-state index >= 15 is 0 Å². The monoisotopic (exact) mass is 418 g/mol. The highest BCUT2D eigenvalue weighted by Gasteiger charge is 2.64. The third-order valence-electron chi connectivity index (χ3n) is 5.35. The van der Waals surface area contributed by atoms with Crippen LogP contribution in [0.15, 0.2) is 28.8 Å². The van der Waals surface area contributed by atoms with E-state index in [2.05, 4.69) is 14.9 Å². The second-order valence-corrected chi connectivity index (χ2v) is 8.52. The van der Waals surface area contributed by atoms with Gasteiger partial charge in [-0.25, -0.2) is 9.53 Å². The van der Waals surface area contributed by atoms with Gasteiger partial charge in [-0.05, 0) is 25.0 Å². The van der Waals surface area contributed by atoms with Gasteiger partial charge in [-0.15, -0.1) is 0 Å². The summed E-state index contributed by atoms with van der Waals surface area (Å²) in [6, 6.07) is 5.85. The van der Waals surface area contributed by atoms with Crippen molar-refractivity contribution >= 4 is 10.2 Å². The summed E-state index contributed by atoms with van der Waals surface area (Å²) in [6.07, 6.45) is -0.643. The summed E-state index contributed by atoms with van der Waals surface area (Å²) in [7, 11) is -3.93. The summed E-state index contributed by atoms with van der Waals surface area (Å²) >= 11 is 0. The van der Waals surface area contributed by atoms with Crippen molar-refractivity contribution in [2.75, 3.05) is 13.1 Å². The summed E-state index contributed by atoms with van der Waals surface area (Å²) in [5.74, 6) is 0.0452. The van der Waals surface area contributed by atoms with Gasteiger partial charge >= 0.3 is 6.61 Å². The van der Waals surface area contributed by atoms with Crippen LogP contribution in [0.1, 0.15) is 24.7 Å². The minimum absolute atomic E-state index is 0.0408. The molecule has 3 atom stereocenters. The molecular formula is C16H17F3N4O4S. The molecule has 4 rings (SSSR count). The molecule has 2 heterocycles. The standard InChI is InChI=1S/C16H17F3N4O4S/c17-12-8-23(28(20,24)25)5-4-16(12)7-11(16)14-21-13(22-27-14)9-2-1-3-10(6-9)26-15(18)19/h1-3,6,11-12,15H,4-5,7-8H2,(H2,20,24,25). The Hall–Kier alpha value is -2.18. The first kappa shape index (κ1) is 19.2. The highest BCUT2D eigenvalue weighted by molar-refractivity contribution is 7.86. The van der Waals surface area contributed by atoms with Gasteiger partial charge in [0.05, 0.1) is 0 Å². The summed E-state index contributed by atoms with van der Waals surface area (Å²) in [6.45, 7) is -3.13. The molecule has 1 aliphatic carbocycles. The summed E-state index contributed by atoms with van der Waals surface area (Å²) < 4.78 is 72.8. The lowest BCUT2D eigenvalue weighted by Crippen LogP contribution is -2.48. The minimum Gasteiger partial charge on any atom is -0.435 e. The summed E-state index contributed by atoms with van der Waals surface area (Å²) in [4.78, 5) is 4.27. The zero-order valence-electron chi connectivity index (χ0n) is 14.5. The molecule has 2 aromatic rings. The molecule has 8 nitrogen and oxygen atoms in total. The largest absolute Gasteiger partial charge is 0.435 e. The van der Waals surface area contributed by atoms with Crippen LogP contribution in [0.25, 0.3) is 11.4 Å². The maximum Gasteiger partial charge on any atom is 0.387 e. The first-order valence-corrected chi connectivity index (χ1v) is 10.0. The van der Waals surface area contributed by atoms with E-state index in [-0.39, 0.29) is 36.5 Å². The number of nitrogens with zero attached hydrogens (tertiary/aromatic N) is 3. The number of hydrogen-bond donors (Lipinski definition) is 1. The highest BCUT2D eigenvalue weighted by atomic mass is 32.2. The van der Waals surface area contributed by atoms with Crippen LogP contribution >= 0.6 is 0 Å². The number of nitrogens with two attached hydrogens (primary N) is 1. The number of alkyl halides is 3. The first-order valence-electron chi connectivity index (χ1n) is 8.50. The Labute approximate surface area is 158 Å². The Morgan fingerprint density at radius 3 is 2.86 bits per heavy atom. The molecule has 28 heavy (non-hydrogen) atoms. The molecule has 12 heteroatoms. The van der Waals surface area contributed by atoms with Gasteiger partial charge in [0.25, 0.3) is 10.2 Å². The van der Waals surface area contributed by atoms with Crippen LogP contribution in [0.2, 0.25) is 0 Å². The Bertz CT molecular complexity index is 986. The smallest absolute Gasteiger partial charge is 0.387 e. The fourth-order valence-electron chi connectivity index (χ4n) is 3.75. The van der Waals surface area contributed by atoms with Gasteiger partial charge in [0.2, 0.25) is 11.7 Å². The van der Waals surface area contributed by atoms with Crippen LogP contribution in [-0.4, -0.2) is 48.7 Å². The first-order chi connectivity index (χ1) is 13.2. The fourth-order valence-corrected chi connectivity index (χ4v) is 4.44. The molecule has 1 aromatic carbocycles. The number of benzene rings is 1. The Kier molecular flexibility index (Phi) is 4.59. The Balaban J connectivity index is 1.49. The topological polar surface area (TPSA) is 112 Å². The molecule has 1 saturated carbocycles. The van der Waals surface area contributed by atoms with Gasteiger partial charge in [-0.2, -0.15) is 26.5 Å². The zero-order chi connectivity index (χ0) is 20.1. The number of ether oxygens (including phenoxy) is 1. The molecule has 1 aromatic heterocycles. The lowest BCUT2D eigenvalue weighted by molar-refractivity contribution is -0.0498. The molecule has 3 unspecified atom stereocenters. The van der Waals surface area contributed by atoms with Crippen LogP contribution in [0.5, 0.6) is 5.75 Å². The second-order valence-electron chi connectivity index (χ2n) is 6.97. The zero-order valence-corrected chi connectivity index (χ0v) is 15.3. The van der Waals surface area contributed by atoms with E-state index in [1.807, 2.05) is 0 Å². The quantitative estimate of drug-likeness (QED) is 0.796. The molecule has 2 fully saturated rings. The van der Waals surface area contributed by atoms with Crippen LogP contribution in [-0.2, 0) is 10.2 Å². The predicted octanol–water partition coefficient (Wildman–Crippen LogP) is 2.06. The van der Waals surface area contributed by atoms with Crippen molar-refractivity contribution in [1.82, 2.24) is 14.4 Å². The van der Waals surface area contributed by atoms with E-state index in [0.717, 1.165) is 4.31 Å². The Morgan fingerprint density at radius 1 is 1.39 bits per heavy atom. The third kappa shape index (κ3) is 3.47. The Morgan fingerprint density at radius 2 is 2.18 bits per heavy atom. The predicted molar refractivity (Wildman–Crippen MR) is 90.4 cm³/mol. The van der Waals surface area contributed by atoms with Crippen molar-refractivity contribution in [3.63, 3.8) is 0 Å². The lowest BCUT2D eigenvalue weighted by atomic mass is 9.90. The SMILES string of the molecule is NS(=O)(=O)N1CCC2(CC2c2nc(-c3cccc(OC(F)F)c3)no2)C(F)C1.